The predicted molar refractivity (Wildman–Crippen MR) is 110 cm³/mol. The van der Waals surface area contributed by atoms with Crippen molar-refractivity contribution < 1.29 is 19.8 Å². The number of H-pyrrole nitrogens is 1. The van der Waals surface area contributed by atoms with Crippen molar-refractivity contribution in [3.63, 3.8) is 0 Å². The molecule has 8 nitrogen and oxygen atoms in total. The molecule has 1 aliphatic heterocycles. The first-order valence-electron chi connectivity index (χ1n) is 9.32. The minimum absolute atomic E-state index is 0.0819. The standard InChI is InChI=1S/C22H16N4O4/c27-21(28)13-5-7-15-17(9-13)25-19(23-15)11-1-2-12(4-3-11)20-24-16-8-6-14(22(29)30)10-18(16)26-20/h1-7,9-10,16H,8H2,(H,23,25)(H,24,26)(H,27,28)(H,29,30). The summed E-state index contributed by atoms with van der Waals surface area (Å²) in [6, 6.07) is 12.3. The number of hydrogen-bond acceptors (Lipinski definition) is 5. The third-order valence-corrected chi connectivity index (χ3v) is 5.19. The summed E-state index contributed by atoms with van der Waals surface area (Å²) < 4.78 is 0. The van der Waals surface area contributed by atoms with Gasteiger partial charge in [0.2, 0.25) is 0 Å². The van der Waals surface area contributed by atoms with Crippen molar-refractivity contribution in [3.05, 3.63) is 77.0 Å². The van der Waals surface area contributed by atoms with E-state index in [0.717, 1.165) is 16.8 Å². The van der Waals surface area contributed by atoms with Gasteiger partial charge in [0.05, 0.1) is 28.2 Å². The zero-order valence-corrected chi connectivity index (χ0v) is 15.6. The van der Waals surface area contributed by atoms with Gasteiger partial charge in [0, 0.05) is 16.8 Å². The molecule has 5 rings (SSSR count). The van der Waals surface area contributed by atoms with E-state index < -0.39 is 11.9 Å². The van der Waals surface area contributed by atoms with Crippen LogP contribution in [0.2, 0.25) is 0 Å². The van der Waals surface area contributed by atoms with Crippen LogP contribution >= 0.6 is 0 Å². The molecule has 1 aliphatic carbocycles. The topological polar surface area (TPSA) is 128 Å². The van der Waals surface area contributed by atoms with Gasteiger partial charge in [0.1, 0.15) is 11.7 Å². The SMILES string of the molecule is O=C(O)C1=CCC2N=C(c3ccc(-c4nc5ccc(C(=O)O)cc5[nH]4)cc3)NC2=C1. The van der Waals surface area contributed by atoms with Crippen molar-refractivity contribution in [2.24, 2.45) is 4.99 Å². The highest BCUT2D eigenvalue weighted by Gasteiger charge is 2.27. The van der Waals surface area contributed by atoms with Crippen molar-refractivity contribution >= 4 is 28.8 Å². The third-order valence-electron chi connectivity index (χ3n) is 5.19. The van der Waals surface area contributed by atoms with Gasteiger partial charge in [0.15, 0.2) is 0 Å². The Labute approximate surface area is 170 Å². The molecule has 0 amide bonds. The Kier molecular flexibility index (Phi) is 3.99. The monoisotopic (exact) mass is 400 g/mol. The molecule has 0 radical (unpaired) electrons. The van der Waals surface area contributed by atoms with E-state index in [2.05, 4.69) is 20.3 Å². The van der Waals surface area contributed by atoms with E-state index in [0.29, 0.717) is 29.1 Å². The van der Waals surface area contributed by atoms with Crippen molar-refractivity contribution in [2.75, 3.05) is 0 Å². The van der Waals surface area contributed by atoms with Crippen LogP contribution in [0.15, 0.2) is 70.9 Å². The Morgan fingerprint density at radius 3 is 2.50 bits per heavy atom. The second-order valence-corrected chi connectivity index (χ2v) is 7.12. The van der Waals surface area contributed by atoms with Crippen molar-refractivity contribution in [3.8, 4) is 11.4 Å². The molecule has 1 unspecified atom stereocenters. The van der Waals surface area contributed by atoms with Gasteiger partial charge in [-0.1, -0.05) is 30.3 Å². The number of nitrogens with one attached hydrogen (secondary N) is 2. The summed E-state index contributed by atoms with van der Waals surface area (Å²) >= 11 is 0. The Hall–Kier alpha value is -4.20. The number of aromatic amines is 1. The van der Waals surface area contributed by atoms with Gasteiger partial charge in [-0.15, -0.1) is 0 Å². The number of carbonyl (C=O) groups is 2. The highest BCUT2D eigenvalue weighted by molar-refractivity contribution is 6.02. The number of rotatable bonds is 4. The number of amidine groups is 1. The normalized spacial score (nSPS) is 17.6. The number of carboxylic acid groups (broad SMARTS) is 2. The molecule has 148 valence electrons. The van der Waals surface area contributed by atoms with Crippen molar-refractivity contribution in [1.82, 2.24) is 15.3 Å². The van der Waals surface area contributed by atoms with Crippen LogP contribution in [0.1, 0.15) is 22.3 Å². The smallest absolute Gasteiger partial charge is 0.335 e. The van der Waals surface area contributed by atoms with Gasteiger partial charge in [0.25, 0.3) is 0 Å². The van der Waals surface area contributed by atoms with Crippen LogP contribution in [-0.2, 0) is 4.79 Å². The Morgan fingerprint density at radius 2 is 1.77 bits per heavy atom. The van der Waals surface area contributed by atoms with Gasteiger partial charge in [-0.25, -0.2) is 14.6 Å². The molecule has 0 saturated heterocycles. The minimum Gasteiger partial charge on any atom is -0.478 e. The van der Waals surface area contributed by atoms with E-state index in [1.54, 1.807) is 24.3 Å². The first kappa shape index (κ1) is 17.9. The molecule has 1 aromatic heterocycles. The molecule has 2 aromatic carbocycles. The van der Waals surface area contributed by atoms with E-state index in [1.165, 1.54) is 6.07 Å². The highest BCUT2D eigenvalue weighted by Crippen LogP contribution is 2.26. The molecule has 30 heavy (non-hydrogen) atoms. The van der Waals surface area contributed by atoms with Crippen LogP contribution in [-0.4, -0.2) is 44.0 Å². The molecule has 0 fully saturated rings. The number of fused-ring (bicyclic) bond motifs is 2. The van der Waals surface area contributed by atoms with Crippen molar-refractivity contribution in [2.45, 2.75) is 12.5 Å². The molecule has 8 heteroatoms. The molecule has 4 N–H and O–H groups in total. The van der Waals surface area contributed by atoms with Crippen LogP contribution < -0.4 is 5.32 Å². The number of aliphatic carboxylic acids is 1. The fraction of sp³-hybridized carbons (Fsp3) is 0.0909. The number of aromatic carboxylic acids is 1. The number of carboxylic acids is 2. The van der Waals surface area contributed by atoms with Crippen LogP contribution in [0.25, 0.3) is 22.4 Å². The zero-order chi connectivity index (χ0) is 20.8. The molecular weight excluding hydrogens is 384 g/mol. The summed E-state index contributed by atoms with van der Waals surface area (Å²) in [7, 11) is 0. The van der Waals surface area contributed by atoms with Crippen LogP contribution in [0.5, 0.6) is 0 Å². The molecule has 0 saturated carbocycles. The Balaban J connectivity index is 1.39. The molecule has 0 spiro atoms. The number of hydrogen-bond donors (Lipinski definition) is 4. The molecule has 1 atom stereocenters. The largest absolute Gasteiger partial charge is 0.478 e. The van der Waals surface area contributed by atoms with E-state index >= 15 is 0 Å². The van der Waals surface area contributed by atoms with Crippen molar-refractivity contribution in [1.29, 1.82) is 0 Å². The zero-order valence-electron chi connectivity index (χ0n) is 15.6. The fourth-order valence-corrected chi connectivity index (χ4v) is 3.62. The molecule has 3 aromatic rings. The van der Waals surface area contributed by atoms with E-state index in [9.17, 15) is 9.59 Å². The number of aliphatic imine (C=N–C) groups is 1. The minimum atomic E-state index is -0.983. The summed E-state index contributed by atoms with van der Waals surface area (Å²) in [5.41, 5.74) is 4.37. The lowest BCUT2D eigenvalue weighted by Crippen LogP contribution is -2.22. The maximum atomic E-state index is 11.2. The van der Waals surface area contributed by atoms with E-state index in [1.807, 2.05) is 24.3 Å². The van der Waals surface area contributed by atoms with Gasteiger partial charge >= 0.3 is 11.9 Å². The number of aromatic nitrogens is 2. The van der Waals surface area contributed by atoms with Gasteiger partial charge in [-0.2, -0.15) is 0 Å². The maximum absolute atomic E-state index is 11.2. The van der Waals surface area contributed by atoms with Gasteiger partial charge < -0.3 is 20.5 Å². The lowest BCUT2D eigenvalue weighted by molar-refractivity contribution is -0.132. The Morgan fingerprint density at radius 1 is 1.00 bits per heavy atom. The average Bonchev–Trinajstić information content (AvgIpc) is 3.36. The summed E-state index contributed by atoms with van der Waals surface area (Å²) in [6.45, 7) is 0. The van der Waals surface area contributed by atoms with Crippen LogP contribution in [0.3, 0.4) is 0 Å². The van der Waals surface area contributed by atoms with Gasteiger partial charge in [-0.05, 0) is 30.7 Å². The summed E-state index contributed by atoms with van der Waals surface area (Å²) in [5, 5.41) is 21.5. The molecule has 0 bridgehead atoms. The van der Waals surface area contributed by atoms with E-state index in [-0.39, 0.29) is 17.2 Å². The lowest BCUT2D eigenvalue weighted by atomic mass is 10.0. The maximum Gasteiger partial charge on any atom is 0.335 e. The predicted octanol–water partition coefficient (Wildman–Crippen LogP) is 2.95. The second-order valence-electron chi connectivity index (χ2n) is 7.12. The summed E-state index contributed by atoms with van der Waals surface area (Å²) in [4.78, 5) is 34.7. The van der Waals surface area contributed by atoms with Gasteiger partial charge in [-0.3, -0.25) is 4.99 Å². The first-order chi connectivity index (χ1) is 14.5. The summed E-state index contributed by atoms with van der Waals surface area (Å²) in [5.74, 6) is -0.578. The first-order valence-corrected chi connectivity index (χ1v) is 9.32. The Bertz CT molecular complexity index is 1300. The fourth-order valence-electron chi connectivity index (χ4n) is 3.62. The van der Waals surface area contributed by atoms with E-state index in [4.69, 9.17) is 10.2 Å². The van der Waals surface area contributed by atoms with Crippen LogP contribution in [0, 0.1) is 0 Å². The second kappa shape index (κ2) is 6.70. The quantitative estimate of drug-likeness (QED) is 0.533. The molecule has 2 aliphatic rings. The highest BCUT2D eigenvalue weighted by atomic mass is 16.4. The average molecular weight is 400 g/mol. The molecular formula is C22H16N4O4. The lowest BCUT2D eigenvalue weighted by Gasteiger charge is -2.13. The molecule has 2 heterocycles. The summed E-state index contributed by atoms with van der Waals surface area (Å²) in [6.07, 6.45) is 3.87. The number of imidazole rings is 1. The number of nitrogens with zero attached hydrogens (tertiary/aromatic N) is 2. The number of benzene rings is 2. The van der Waals surface area contributed by atoms with Crippen LogP contribution in [0.4, 0.5) is 0 Å². The third kappa shape index (κ3) is 3.04.